The second-order valence-corrected chi connectivity index (χ2v) is 12.1. The Morgan fingerprint density at radius 1 is 0.816 bits per heavy atom. The summed E-state index contributed by atoms with van der Waals surface area (Å²) in [6, 6.07) is 7.36. The Bertz CT molecular complexity index is 911. The second kappa shape index (κ2) is 12.2. The molecule has 38 heavy (non-hydrogen) atoms. The van der Waals surface area contributed by atoms with Gasteiger partial charge in [-0.2, -0.15) is 0 Å². The lowest BCUT2D eigenvalue weighted by atomic mass is 9.90. The van der Waals surface area contributed by atoms with Crippen molar-refractivity contribution in [3.8, 4) is 5.75 Å². The zero-order valence-corrected chi connectivity index (χ0v) is 22.8. The standard InChI is InChI=1S/C31H44O7/c1-2-3-30(34-19-21-5-15-27-29(17-21)38-27)35-24-10-12-25(13-11-24)36-31(32)22-6-8-23(9-7-22)33-18-20-4-14-26-28(16-20)37-26/h6-9,20-21,24-30H,2-5,10-19H2,1H3. The summed E-state index contributed by atoms with van der Waals surface area (Å²) in [6.07, 6.45) is 14.3. The van der Waals surface area contributed by atoms with Crippen LogP contribution >= 0.6 is 0 Å². The van der Waals surface area contributed by atoms with Crippen LogP contribution in [0.2, 0.25) is 0 Å². The van der Waals surface area contributed by atoms with Gasteiger partial charge in [0.05, 0.1) is 49.3 Å². The molecule has 7 nitrogen and oxygen atoms in total. The van der Waals surface area contributed by atoms with Crippen molar-refractivity contribution in [3.05, 3.63) is 29.8 Å². The number of esters is 1. The normalized spacial score (nSPS) is 36.4. The monoisotopic (exact) mass is 528 g/mol. The molecular weight excluding hydrogens is 484 g/mol. The van der Waals surface area contributed by atoms with Gasteiger partial charge in [0, 0.05) is 0 Å². The van der Waals surface area contributed by atoms with Gasteiger partial charge in [0.25, 0.3) is 0 Å². The van der Waals surface area contributed by atoms with Gasteiger partial charge in [-0.1, -0.05) is 13.3 Å². The van der Waals surface area contributed by atoms with Crippen molar-refractivity contribution in [2.45, 2.75) is 127 Å². The van der Waals surface area contributed by atoms with Crippen molar-refractivity contribution < 1.29 is 33.2 Å². The van der Waals surface area contributed by atoms with Gasteiger partial charge in [0.1, 0.15) is 11.9 Å². The van der Waals surface area contributed by atoms with Crippen molar-refractivity contribution in [1.29, 1.82) is 0 Å². The predicted octanol–water partition coefficient (Wildman–Crippen LogP) is 5.83. The SMILES string of the molecule is CCCC(OCC1CCC2OC2C1)OC1CCC(OC(=O)c2ccc(OCC3CCC4OC4C3)cc2)CC1. The summed E-state index contributed by atoms with van der Waals surface area (Å²) in [6.45, 7) is 3.65. The molecule has 0 bridgehead atoms. The molecule has 1 aromatic rings. The first kappa shape index (κ1) is 26.5. The minimum Gasteiger partial charge on any atom is -0.493 e. The molecule has 0 aromatic heterocycles. The van der Waals surface area contributed by atoms with Crippen LogP contribution in [-0.2, 0) is 23.7 Å². The first-order valence-electron chi connectivity index (χ1n) is 15.1. The predicted molar refractivity (Wildman–Crippen MR) is 141 cm³/mol. The van der Waals surface area contributed by atoms with Gasteiger partial charge in [0.2, 0.25) is 0 Å². The third kappa shape index (κ3) is 7.09. The molecule has 0 amide bonds. The number of carbonyl (C=O) groups excluding carboxylic acids is 1. The molecule has 1 aromatic carbocycles. The van der Waals surface area contributed by atoms with Crippen LogP contribution in [0.25, 0.3) is 0 Å². The summed E-state index contributed by atoms with van der Waals surface area (Å²) < 4.78 is 35.7. The van der Waals surface area contributed by atoms with Gasteiger partial charge in [-0.3, -0.25) is 0 Å². The van der Waals surface area contributed by atoms with E-state index in [9.17, 15) is 4.79 Å². The summed E-state index contributed by atoms with van der Waals surface area (Å²) in [5.41, 5.74) is 0.574. The molecule has 5 aliphatic rings. The van der Waals surface area contributed by atoms with Crippen molar-refractivity contribution in [3.63, 3.8) is 0 Å². The van der Waals surface area contributed by atoms with E-state index < -0.39 is 0 Å². The summed E-state index contributed by atoms with van der Waals surface area (Å²) in [4.78, 5) is 12.7. The fourth-order valence-electron chi connectivity index (χ4n) is 6.57. The molecule has 7 heteroatoms. The minimum absolute atomic E-state index is 0.0580. The molecular formula is C31H44O7. The van der Waals surface area contributed by atoms with E-state index in [1.54, 1.807) is 0 Å². The molecule has 3 aliphatic carbocycles. The smallest absolute Gasteiger partial charge is 0.338 e. The molecule has 0 spiro atoms. The Morgan fingerprint density at radius 3 is 2.08 bits per heavy atom. The molecule has 5 fully saturated rings. The van der Waals surface area contributed by atoms with Crippen LogP contribution in [0.3, 0.4) is 0 Å². The maximum Gasteiger partial charge on any atom is 0.338 e. The Hall–Kier alpha value is -1.67. The number of fused-ring (bicyclic) bond motifs is 2. The largest absolute Gasteiger partial charge is 0.493 e. The van der Waals surface area contributed by atoms with Gasteiger partial charge >= 0.3 is 5.97 Å². The van der Waals surface area contributed by atoms with Gasteiger partial charge in [0.15, 0.2) is 6.29 Å². The third-order valence-corrected chi connectivity index (χ3v) is 9.08. The Kier molecular flexibility index (Phi) is 8.55. The number of ether oxygens (including phenoxy) is 6. The number of carbonyl (C=O) groups is 1. The maximum atomic E-state index is 12.7. The number of epoxide rings is 2. The highest BCUT2D eigenvalue weighted by Gasteiger charge is 2.44. The Labute approximate surface area is 226 Å². The van der Waals surface area contributed by atoms with E-state index in [0.717, 1.165) is 70.1 Å². The number of hydrogen-bond acceptors (Lipinski definition) is 7. The lowest BCUT2D eigenvalue weighted by molar-refractivity contribution is -0.189. The van der Waals surface area contributed by atoms with E-state index in [2.05, 4.69) is 6.92 Å². The average molecular weight is 529 g/mol. The van der Waals surface area contributed by atoms with Crippen LogP contribution < -0.4 is 4.74 Å². The second-order valence-electron chi connectivity index (χ2n) is 12.1. The van der Waals surface area contributed by atoms with E-state index in [-0.39, 0.29) is 24.5 Å². The molecule has 2 saturated heterocycles. The van der Waals surface area contributed by atoms with Crippen LogP contribution in [0.4, 0.5) is 0 Å². The summed E-state index contributed by atoms with van der Waals surface area (Å²) >= 11 is 0. The lowest BCUT2D eigenvalue weighted by Crippen LogP contribution is -2.33. The highest BCUT2D eigenvalue weighted by Crippen LogP contribution is 2.40. The van der Waals surface area contributed by atoms with E-state index >= 15 is 0 Å². The summed E-state index contributed by atoms with van der Waals surface area (Å²) in [5.74, 6) is 1.70. The molecule has 7 atom stereocenters. The molecule has 2 heterocycles. The van der Waals surface area contributed by atoms with E-state index in [1.165, 1.54) is 19.3 Å². The third-order valence-electron chi connectivity index (χ3n) is 9.08. The van der Waals surface area contributed by atoms with E-state index in [0.29, 0.717) is 48.4 Å². The van der Waals surface area contributed by atoms with Crippen LogP contribution in [0, 0.1) is 11.8 Å². The highest BCUT2D eigenvalue weighted by atomic mass is 16.7. The van der Waals surface area contributed by atoms with Crippen LogP contribution in [0.1, 0.15) is 94.3 Å². The number of rotatable bonds is 12. The van der Waals surface area contributed by atoms with Crippen molar-refractivity contribution in [1.82, 2.24) is 0 Å². The molecule has 6 rings (SSSR count). The number of benzene rings is 1. The summed E-state index contributed by atoms with van der Waals surface area (Å²) in [7, 11) is 0. The fourth-order valence-corrected chi connectivity index (χ4v) is 6.57. The molecule has 2 aliphatic heterocycles. The molecule has 0 N–H and O–H groups in total. The molecule has 7 unspecified atom stereocenters. The maximum absolute atomic E-state index is 12.7. The fraction of sp³-hybridized carbons (Fsp3) is 0.774. The van der Waals surface area contributed by atoms with Crippen molar-refractivity contribution in [2.75, 3.05) is 13.2 Å². The van der Waals surface area contributed by atoms with Crippen LogP contribution in [0.5, 0.6) is 5.75 Å². The Balaban J connectivity index is 0.887. The first-order chi connectivity index (χ1) is 18.6. The molecule has 3 saturated carbocycles. The first-order valence-corrected chi connectivity index (χ1v) is 15.1. The van der Waals surface area contributed by atoms with E-state index in [1.807, 2.05) is 24.3 Å². The summed E-state index contributed by atoms with van der Waals surface area (Å²) in [5, 5.41) is 0. The van der Waals surface area contributed by atoms with Crippen molar-refractivity contribution in [2.24, 2.45) is 11.8 Å². The van der Waals surface area contributed by atoms with Crippen LogP contribution in [-0.4, -0.2) is 62.1 Å². The molecule has 0 radical (unpaired) electrons. The minimum atomic E-state index is -0.258. The zero-order valence-electron chi connectivity index (χ0n) is 22.8. The topological polar surface area (TPSA) is 79.0 Å². The highest BCUT2D eigenvalue weighted by molar-refractivity contribution is 5.89. The van der Waals surface area contributed by atoms with Gasteiger partial charge in [-0.25, -0.2) is 4.79 Å². The van der Waals surface area contributed by atoms with Crippen molar-refractivity contribution >= 4 is 5.97 Å². The average Bonchev–Trinajstić information content (AvgIpc) is 3.86. The van der Waals surface area contributed by atoms with E-state index in [4.69, 9.17) is 28.4 Å². The van der Waals surface area contributed by atoms with Gasteiger partial charge in [-0.15, -0.1) is 0 Å². The quantitative estimate of drug-likeness (QED) is 0.192. The van der Waals surface area contributed by atoms with Gasteiger partial charge < -0.3 is 28.4 Å². The Morgan fingerprint density at radius 2 is 1.45 bits per heavy atom. The van der Waals surface area contributed by atoms with Gasteiger partial charge in [-0.05, 0) is 107 Å². The zero-order chi connectivity index (χ0) is 25.9. The van der Waals surface area contributed by atoms with Crippen LogP contribution in [0.15, 0.2) is 24.3 Å². The lowest BCUT2D eigenvalue weighted by Gasteiger charge is -2.32. The number of hydrogen-bond donors (Lipinski definition) is 0. The molecule has 210 valence electrons.